The molecule has 0 heterocycles. The van der Waals surface area contributed by atoms with Gasteiger partial charge in [-0.25, -0.2) is 0 Å². The van der Waals surface area contributed by atoms with Crippen LogP contribution in [0.4, 0.5) is 11.4 Å². The van der Waals surface area contributed by atoms with Crippen molar-refractivity contribution >= 4 is 28.9 Å². The fourth-order valence-electron chi connectivity index (χ4n) is 1.09. The maximum absolute atomic E-state index is 11.6. The van der Waals surface area contributed by atoms with Crippen molar-refractivity contribution in [1.29, 1.82) is 0 Å². The van der Waals surface area contributed by atoms with Crippen LogP contribution in [0.3, 0.4) is 0 Å². The summed E-state index contributed by atoms with van der Waals surface area (Å²) in [6.07, 6.45) is 0.805. The first-order valence-electron chi connectivity index (χ1n) is 4.90. The summed E-state index contributed by atoms with van der Waals surface area (Å²) in [5.41, 5.74) is 6.81. The van der Waals surface area contributed by atoms with Gasteiger partial charge in [-0.1, -0.05) is 25.4 Å². The molecule has 0 aliphatic rings. The van der Waals surface area contributed by atoms with Crippen LogP contribution in [0, 0.1) is 5.92 Å². The topological polar surface area (TPSA) is 55.1 Å². The van der Waals surface area contributed by atoms with Crippen LogP contribution < -0.4 is 11.1 Å². The molecule has 0 aliphatic heterocycles. The van der Waals surface area contributed by atoms with E-state index < -0.39 is 0 Å². The average molecular weight is 227 g/mol. The van der Waals surface area contributed by atoms with Gasteiger partial charge in [-0.2, -0.15) is 0 Å². The molecule has 3 nitrogen and oxygen atoms in total. The highest BCUT2D eigenvalue weighted by atomic mass is 35.5. The van der Waals surface area contributed by atoms with E-state index in [9.17, 15) is 4.79 Å². The van der Waals surface area contributed by atoms with Gasteiger partial charge in [-0.15, -0.1) is 0 Å². The number of nitrogens with two attached hydrogens (primary N) is 1. The minimum Gasteiger partial charge on any atom is -0.397 e. The van der Waals surface area contributed by atoms with E-state index in [1.807, 2.05) is 13.8 Å². The smallest absolute Gasteiger partial charge is 0.227 e. The molecule has 0 spiro atoms. The zero-order valence-corrected chi connectivity index (χ0v) is 9.64. The van der Waals surface area contributed by atoms with Crippen LogP contribution in [-0.4, -0.2) is 5.91 Å². The normalized spacial score (nSPS) is 12.2. The molecule has 0 radical (unpaired) electrons. The maximum Gasteiger partial charge on any atom is 0.227 e. The van der Waals surface area contributed by atoms with Crippen molar-refractivity contribution in [2.45, 2.75) is 20.3 Å². The summed E-state index contributed by atoms with van der Waals surface area (Å²) in [7, 11) is 0. The van der Waals surface area contributed by atoms with Gasteiger partial charge in [-0.3, -0.25) is 4.79 Å². The largest absolute Gasteiger partial charge is 0.397 e. The van der Waals surface area contributed by atoms with Gasteiger partial charge in [0, 0.05) is 10.9 Å². The van der Waals surface area contributed by atoms with Gasteiger partial charge in [0.15, 0.2) is 0 Å². The Kier molecular flexibility index (Phi) is 3.97. The van der Waals surface area contributed by atoms with Crippen molar-refractivity contribution in [3.63, 3.8) is 0 Å². The van der Waals surface area contributed by atoms with Crippen molar-refractivity contribution in [3.8, 4) is 0 Å². The zero-order valence-electron chi connectivity index (χ0n) is 8.88. The molecule has 0 saturated heterocycles. The Morgan fingerprint density at radius 2 is 2.27 bits per heavy atom. The Balaban J connectivity index is 2.77. The third-order valence-corrected chi connectivity index (χ3v) is 2.57. The molecule has 15 heavy (non-hydrogen) atoms. The lowest BCUT2D eigenvalue weighted by Gasteiger charge is -2.11. The second-order valence-electron chi connectivity index (χ2n) is 3.53. The fraction of sp³-hybridized carbons (Fsp3) is 0.364. The number of hydrogen-bond acceptors (Lipinski definition) is 2. The fourth-order valence-corrected chi connectivity index (χ4v) is 1.27. The van der Waals surface area contributed by atoms with E-state index in [-0.39, 0.29) is 11.8 Å². The van der Waals surface area contributed by atoms with Crippen molar-refractivity contribution < 1.29 is 4.79 Å². The molecular formula is C11H15ClN2O. The number of halogens is 1. The van der Waals surface area contributed by atoms with Crippen molar-refractivity contribution in [3.05, 3.63) is 23.2 Å². The Hall–Kier alpha value is -1.22. The summed E-state index contributed by atoms with van der Waals surface area (Å²) in [4.78, 5) is 11.6. The minimum absolute atomic E-state index is 0.0138. The van der Waals surface area contributed by atoms with Crippen LogP contribution in [0.1, 0.15) is 20.3 Å². The molecule has 0 bridgehead atoms. The number of hydrogen-bond donors (Lipinski definition) is 2. The van der Waals surface area contributed by atoms with E-state index in [1.54, 1.807) is 18.2 Å². The first kappa shape index (κ1) is 11.9. The van der Waals surface area contributed by atoms with Crippen molar-refractivity contribution in [1.82, 2.24) is 0 Å². The Labute approximate surface area is 94.6 Å². The zero-order chi connectivity index (χ0) is 11.4. The van der Waals surface area contributed by atoms with Gasteiger partial charge >= 0.3 is 0 Å². The van der Waals surface area contributed by atoms with Gasteiger partial charge in [0.05, 0.1) is 11.4 Å². The number of carbonyl (C=O) groups excluding carboxylic acids is 1. The highest BCUT2D eigenvalue weighted by molar-refractivity contribution is 6.31. The third kappa shape index (κ3) is 3.13. The molecule has 0 unspecified atom stereocenters. The summed E-state index contributed by atoms with van der Waals surface area (Å²) in [6.45, 7) is 3.84. The number of amides is 1. The van der Waals surface area contributed by atoms with E-state index in [0.29, 0.717) is 16.4 Å². The quantitative estimate of drug-likeness (QED) is 0.779. The molecule has 0 fully saturated rings. The summed E-state index contributed by atoms with van der Waals surface area (Å²) in [6, 6.07) is 5.02. The predicted octanol–water partition coefficient (Wildman–Crippen LogP) is 2.91. The second kappa shape index (κ2) is 5.03. The number of rotatable bonds is 3. The summed E-state index contributed by atoms with van der Waals surface area (Å²) in [5, 5.41) is 3.33. The van der Waals surface area contributed by atoms with Gasteiger partial charge in [0.25, 0.3) is 0 Å². The number of nitrogen functional groups attached to an aromatic ring is 1. The molecule has 4 heteroatoms. The second-order valence-corrected chi connectivity index (χ2v) is 3.97. The molecule has 1 amide bonds. The van der Waals surface area contributed by atoms with Crippen LogP contribution in [0.5, 0.6) is 0 Å². The van der Waals surface area contributed by atoms with E-state index >= 15 is 0 Å². The third-order valence-electron chi connectivity index (χ3n) is 2.33. The molecule has 1 atom stereocenters. The number of anilines is 2. The monoisotopic (exact) mass is 226 g/mol. The van der Waals surface area contributed by atoms with Gasteiger partial charge in [-0.05, 0) is 24.6 Å². The van der Waals surface area contributed by atoms with Crippen molar-refractivity contribution in [2.75, 3.05) is 11.1 Å². The Morgan fingerprint density at radius 3 is 2.80 bits per heavy atom. The van der Waals surface area contributed by atoms with E-state index in [4.69, 9.17) is 17.3 Å². The van der Waals surface area contributed by atoms with Crippen LogP contribution >= 0.6 is 11.6 Å². The van der Waals surface area contributed by atoms with E-state index in [0.717, 1.165) is 6.42 Å². The molecular weight excluding hydrogens is 212 g/mol. The lowest BCUT2D eigenvalue weighted by Crippen LogP contribution is -2.20. The molecule has 1 aromatic carbocycles. The summed E-state index contributed by atoms with van der Waals surface area (Å²) >= 11 is 5.75. The maximum atomic E-state index is 11.6. The highest BCUT2D eigenvalue weighted by Gasteiger charge is 2.11. The van der Waals surface area contributed by atoms with E-state index in [1.165, 1.54) is 0 Å². The molecule has 0 aliphatic carbocycles. The van der Waals surface area contributed by atoms with Crippen LogP contribution in [0.2, 0.25) is 5.02 Å². The highest BCUT2D eigenvalue weighted by Crippen LogP contribution is 2.23. The first-order valence-corrected chi connectivity index (χ1v) is 5.28. The average Bonchev–Trinajstić information content (AvgIpc) is 2.20. The Bertz CT molecular complexity index is 366. The van der Waals surface area contributed by atoms with E-state index in [2.05, 4.69) is 5.32 Å². The summed E-state index contributed by atoms with van der Waals surface area (Å²) in [5.74, 6) is -0.0356. The molecule has 82 valence electrons. The van der Waals surface area contributed by atoms with Crippen LogP contribution in [0.25, 0.3) is 0 Å². The summed E-state index contributed by atoms with van der Waals surface area (Å²) < 4.78 is 0. The number of benzene rings is 1. The number of carbonyl (C=O) groups is 1. The van der Waals surface area contributed by atoms with Crippen LogP contribution in [0.15, 0.2) is 18.2 Å². The first-order chi connectivity index (χ1) is 7.04. The predicted molar refractivity (Wildman–Crippen MR) is 63.9 cm³/mol. The molecule has 3 N–H and O–H groups in total. The number of nitrogens with one attached hydrogen (secondary N) is 1. The SMILES string of the molecule is CC[C@@H](C)C(=O)Nc1ccc(Cl)cc1N. The van der Waals surface area contributed by atoms with Gasteiger partial charge < -0.3 is 11.1 Å². The van der Waals surface area contributed by atoms with Gasteiger partial charge in [0.2, 0.25) is 5.91 Å². The minimum atomic E-state index is -0.0217. The lowest BCUT2D eigenvalue weighted by atomic mass is 10.1. The van der Waals surface area contributed by atoms with Gasteiger partial charge in [0.1, 0.15) is 0 Å². The Morgan fingerprint density at radius 1 is 1.60 bits per heavy atom. The standard InChI is InChI=1S/C11H15ClN2O/c1-3-7(2)11(15)14-10-5-4-8(12)6-9(10)13/h4-7H,3,13H2,1-2H3,(H,14,15)/t7-/m1/s1. The lowest BCUT2D eigenvalue weighted by molar-refractivity contribution is -0.119. The molecule has 1 rings (SSSR count). The molecule has 1 aromatic rings. The molecule has 0 saturated carbocycles. The van der Waals surface area contributed by atoms with Crippen LogP contribution in [-0.2, 0) is 4.79 Å². The van der Waals surface area contributed by atoms with Crippen molar-refractivity contribution in [2.24, 2.45) is 5.92 Å². The molecule has 0 aromatic heterocycles.